The molecule has 0 radical (unpaired) electrons. The first-order chi connectivity index (χ1) is 9.65. The number of hydrogen-bond donors (Lipinski definition) is 1. The lowest BCUT2D eigenvalue weighted by Crippen LogP contribution is -2.52. The van der Waals surface area contributed by atoms with E-state index in [1.54, 1.807) is 0 Å². The predicted molar refractivity (Wildman–Crippen MR) is 80.5 cm³/mol. The summed E-state index contributed by atoms with van der Waals surface area (Å²) in [5.74, 6) is 2.39. The zero-order valence-electron chi connectivity index (χ0n) is 13.0. The van der Waals surface area contributed by atoms with Crippen molar-refractivity contribution in [2.75, 3.05) is 39.3 Å². The summed E-state index contributed by atoms with van der Waals surface area (Å²) in [5.41, 5.74) is 0. The van der Waals surface area contributed by atoms with Crippen LogP contribution in [-0.4, -0.2) is 61.0 Å². The van der Waals surface area contributed by atoms with Gasteiger partial charge in [0, 0.05) is 32.2 Å². The van der Waals surface area contributed by atoms with Gasteiger partial charge < -0.3 is 10.2 Å². The van der Waals surface area contributed by atoms with Crippen LogP contribution < -0.4 is 5.32 Å². The minimum atomic E-state index is 0.264. The highest BCUT2D eigenvalue weighted by Crippen LogP contribution is 2.28. The van der Waals surface area contributed by atoms with Crippen LogP contribution in [0.15, 0.2) is 0 Å². The molecule has 0 saturated carbocycles. The molecule has 3 heterocycles. The van der Waals surface area contributed by atoms with Gasteiger partial charge in [-0.25, -0.2) is 0 Å². The Kier molecular flexibility index (Phi) is 4.32. The molecule has 20 heavy (non-hydrogen) atoms. The normalized spacial score (nSPS) is 29.9. The highest BCUT2D eigenvalue weighted by Gasteiger charge is 2.36. The third-order valence-corrected chi connectivity index (χ3v) is 5.64. The fourth-order valence-electron chi connectivity index (χ4n) is 3.91. The number of carbonyl (C=O) groups is 1. The quantitative estimate of drug-likeness (QED) is 0.842. The zero-order valence-corrected chi connectivity index (χ0v) is 13.0. The van der Waals surface area contributed by atoms with Crippen LogP contribution in [0.25, 0.3) is 0 Å². The summed E-state index contributed by atoms with van der Waals surface area (Å²) in [6, 6.07) is 0.625. The molecule has 0 aromatic carbocycles. The van der Waals surface area contributed by atoms with E-state index in [1.807, 2.05) is 0 Å². The van der Waals surface area contributed by atoms with Crippen molar-refractivity contribution >= 4 is 5.91 Å². The first-order valence-electron chi connectivity index (χ1n) is 8.38. The molecule has 1 atom stereocenters. The average molecular weight is 279 g/mol. The summed E-state index contributed by atoms with van der Waals surface area (Å²) in [4.78, 5) is 17.0. The van der Waals surface area contributed by atoms with Gasteiger partial charge >= 0.3 is 0 Å². The highest BCUT2D eigenvalue weighted by atomic mass is 16.2. The van der Waals surface area contributed by atoms with Gasteiger partial charge in [-0.1, -0.05) is 13.8 Å². The van der Waals surface area contributed by atoms with E-state index in [-0.39, 0.29) is 5.92 Å². The zero-order chi connectivity index (χ0) is 14.1. The monoisotopic (exact) mass is 279 g/mol. The van der Waals surface area contributed by atoms with Gasteiger partial charge in [0.05, 0.1) is 5.92 Å². The Morgan fingerprint density at radius 2 is 1.80 bits per heavy atom. The van der Waals surface area contributed by atoms with Crippen LogP contribution in [0.4, 0.5) is 0 Å². The number of carbonyl (C=O) groups excluding carboxylic acids is 1. The van der Waals surface area contributed by atoms with E-state index in [2.05, 4.69) is 29.0 Å². The van der Waals surface area contributed by atoms with E-state index in [0.717, 1.165) is 38.0 Å². The Hall–Kier alpha value is -0.610. The summed E-state index contributed by atoms with van der Waals surface area (Å²) < 4.78 is 0. The summed E-state index contributed by atoms with van der Waals surface area (Å²) in [6.07, 6.45) is 3.86. The lowest BCUT2D eigenvalue weighted by atomic mass is 9.86. The molecule has 0 aromatic rings. The van der Waals surface area contributed by atoms with E-state index >= 15 is 0 Å². The number of likely N-dealkylation sites (tertiary alicyclic amines) is 2. The van der Waals surface area contributed by atoms with Gasteiger partial charge in [0.2, 0.25) is 5.91 Å². The van der Waals surface area contributed by atoms with Gasteiger partial charge in [0.15, 0.2) is 0 Å². The summed E-state index contributed by atoms with van der Waals surface area (Å²) >= 11 is 0. The molecule has 3 aliphatic rings. The number of rotatable bonds is 3. The van der Waals surface area contributed by atoms with Crippen LogP contribution in [0, 0.1) is 17.8 Å². The van der Waals surface area contributed by atoms with Crippen LogP contribution in [0.5, 0.6) is 0 Å². The van der Waals surface area contributed by atoms with Crippen LogP contribution in [0.2, 0.25) is 0 Å². The molecule has 3 aliphatic heterocycles. The Balaban J connectivity index is 1.47. The Morgan fingerprint density at radius 3 is 2.35 bits per heavy atom. The van der Waals surface area contributed by atoms with Crippen molar-refractivity contribution in [1.82, 2.24) is 15.1 Å². The maximum atomic E-state index is 12.3. The predicted octanol–water partition coefficient (Wildman–Crippen LogP) is 1.17. The van der Waals surface area contributed by atoms with Crippen LogP contribution >= 0.6 is 0 Å². The molecular weight excluding hydrogens is 250 g/mol. The van der Waals surface area contributed by atoms with Gasteiger partial charge in [0.1, 0.15) is 0 Å². The Morgan fingerprint density at radius 1 is 1.10 bits per heavy atom. The molecule has 0 aromatic heterocycles. The first kappa shape index (κ1) is 14.3. The van der Waals surface area contributed by atoms with Crippen molar-refractivity contribution in [2.24, 2.45) is 17.8 Å². The van der Waals surface area contributed by atoms with Crippen LogP contribution in [-0.2, 0) is 4.79 Å². The van der Waals surface area contributed by atoms with Crippen LogP contribution in [0.1, 0.15) is 33.1 Å². The molecule has 0 unspecified atom stereocenters. The molecule has 1 amide bonds. The maximum Gasteiger partial charge on any atom is 0.228 e. The topological polar surface area (TPSA) is 35.6 Å². The van der Waals surface area contributed by atoms with Gasteiger partial charge in [0.25, 0.3) is 0 Å². The summed E-state index contributed by atoms with van der Waals surface area (Å²) in [7, 11) is 0. The van der Waals surface area contributed by atoms with E-state index < -0.39 is 0 Å². The van der Waals surface area contributed by atoms with E-state index in [4.69, 9.17) is 0 Å². The average Bonchev–Trinajstić information content (AvgIpc) is 2.86. The molecular formula is C16H29N3O. The molecule has 3 rings (SSSR count). The summed E-state index contributed by atoms with van der Waals surface area (Å²) in [5, 5.41) is 3.20. The van der Waals surface area contributed by atoms with Gasteiger partial charge in [-0.3, -0.25) is 9.69 Å². The summed E-state index contributed by atoms with van der Waals surface area (Å²) in [6.45, 7) is 10.9. The van der Waals surface area contributed by atoms with Crippen molar-refractivity contribution in [3.8, 4) is 0 Å². The second kappa shape index (κ2) is 6.02. The van der Waals surface area contributed by atoms with Crippen LogP contribution in [0.3, 0.4) is 0 Å². The standard InChI is InChI=1S/C16H29N3O/c1-12(2)13-3-6-18(7-4-13)15-5-8-19(11-15)16(20)14-9-17-10-14/h12-15,17H,3-11H2,1-2H3/t15-/m1/s1. The third-order valence-electron chi connectivity index (χ3n) is 5.64. The number of piperidine rings is 1. The highest BCUT2D eigenvalue weighted by molar-refractivity contribution is 5.80. The molecule has 0 bridgehead atoms. The molecule has 0 aliphatic carbocycles. The van der Waals surface area contributed by atoms with Crippen molar-refractivity contribution in [1.29, 1.82) is 0 Å². The Labute approximate surface area is 122 Å². The molecule has 3 saturated heterocycles. The molecule has 4 nitrogen and oxygen atoms in total. The smallest absolute Gasteiger partial charge is 0.228 e. The van der Waals surface area contributed by atoms with E-state index in [1.165, 1.54) is 32.4 Å². The maximum absolute atomic E-state index is 12.3. The van der Waals surface area contributed by atoms with E-state index in [0.29, 0.717) is 11.9 Å². The SMILES string of the molecule is CC(C)C1CCN([C@@H]2CCN(C(=O)C3CNC3)C2)CC1. The molecule has 0 spiro atoms. The number of hydrogen-bond acceptors (Lipinski definition) is 3. The van der Waals surface area contributed by atoms with Crippen molar-refractivity contribution in [2.45, 2.75) is 39.2 Å². The lowest BCUT2D eigenvalue weighted by Gasteiger charge is -2.37. The first-order valence-corrected chi connectivity index (χ1v) is 8.38. The molecule has 4 heteroatoms. The second-order valence-electron chi connectivity index (χ2n) is 7.20. The number of nitrogens with one attached hydrogen (secondary N) is 1. The Bertz CT molecular complexity index is 346. The second-order valence-corrected chi connectivity index (χ2v) is 7.20. The van der Waals surface area contributed by atoms with Crippen molar-refractivity contribution in [3.05, 3.63) is 0 Å². The van der Waals surface area contributed by atoms with Gasteiger partial charge in [-0.15, -0.1) is 0 Å². The number of nitrogens with zero attached hydrogens (tertiary/aromatic N) is 2. The molecule has 3 fully saturated rings. The van der Waals surface area contributed by atoms with Gasteiger partial charge in [-0.2, -0.15) is 0 Å². The third kappa shape index (κ3) is 2.86. The minimum Gasteiger partial charge on any atom is -0.341 e. The van der Waals surface area contributed by atoms with Crippen molar-refractivity contribution < 1.29 is 4.79 Å². The van der Waals surface area contributed by atoms with E-state index in [9.17, 15) is 4.79 Å². The molecule has 1 N–H and O–H groups in total. The van der Waals surface area contributed by atoms with Gasteiger partial charge in [-0.05, 0) is 44.2 Å². The molecule has 114 valence electrons. The minimum absolute atomic E-state index is 0.264. The van der Waals surface area contributed by atoms with Crippen molar-refractivity contribution in [3.63, 3.8) is 0 Å². The number of amides is 1. The largest absolute Gasteiger partial charge is 0.341 e. The lowest BCUT2D eigenvalue weighted by molar-refractivity contribution is -0.136. The fraction of sp³-hybridized carbons (Fsp3) is 0.938. The fourth-order valence-corrected chi connectivity index (χ4v) is 3.91.